The Morgan fingerprint density at radius 1 is 1.29 bits per heavy atom. The third-order valence-electron chi connectivity index (χ3n) is 2.31. The highest BCUT2D eigenvalue weighted by atomic mass is 28.3. The highest BCUT2D eigenvalue weighted by Gasteiger charge is 2.15. The Hall–Kier alpha value is -0.603. The molecule has 0 spiro atoms. The van der Waals surface area contributed by atoms with Crippen molar-refractivity contribution < 1.29 is 4.80 Å². The van der Waals surface area contributed by atoms with Gasteiger partial charge in [0.25, 0.3) is 0 Å². The molecule has 0 fully saturated rings. The number of hydrogen-bond donors (Lipinski definition) is 1. The zero-order valence-corrected chi connectivity index (χ0v) is 10.2. The zero-order valence-electron chi connectivity index (χ0n) is 9.25. The molecule has 0 saturated heterocycles. The van der Waals surface area contributed by atoms with Crippen LogP contribution >= 0.6 is 0 Å². The summed E-state index contributed by atoms with van der Waals surface area (Å²) in [5.41, 5.74) is 1.31. The fourth-order valence-electron chi connectivity index (χ4n) is 1.61. The van der Waals surface area contributed by atoms with Crippen LogP contribution in [-0.4, -0.2) is 13.8 Å². The Morgan fingerprint density at radius 3 is 2.50 bits per heavy atom. The van der Waals surface area contributed by atoms with Crippen molar-refractivity contribution in [2.24, 2.45) is 5.92 Å². The molecule has 1 nitrogen and oxygen atoms in total. The van der Waals surface area contributed by atoms with Crippen molar-refractivity contribution >= 4 is 14.2 Å². The first-order chi connectivity index (χ1) is 6.65. The van der Waals surface area contributed by atoms with Gasteiger partial charge in [-0.1, -0.05) is 45.0 Å². The predicted molar refractivity (Wildman–Crippen MR) is 63.1 cm³/mol. The third kappa shape index (κ3) is 2.96. The Kier molecular flexibility index (Phi) is 4.36. The first-order valence-corrected chi connectivity index (χ1v) is 6.93. The third-order valence-corrected chi connectivity index (χ3v) is 4.62. The molecule has 0 aliphatic carbocycles. The molecule has 1 aromatic rings. The molecule has 2 heteroatoms. The summed E-state index contributed by atoms with van der Waals surface area (Å²) in [4.78, 5) is 10.1. The molecule has 0 bridgehead atoms. The summed E-state index contributed by atoms with van der Waals surface area (Å²) < 4.78 is 0. The molecule has 0 aliphatic rings. The molecule has 0 heterocycles. The number of rotatable bonds is 4. The minimum atomic E-state index is -1.31. The number of benzene rings is 1. The van der Waals surface area contributed by atoms with E-state index in [-0.39, 0.29) is 0 Å². The van der Waals surface area contributed by atoms with E-state index >= 15 is 0 Å². The average molecular weight is 207 g/mol. The molecular weight excluding hydrogens is 188 g/mol. The van der Waals surface area contributed by atoms with E-state index in [1.165, 1.54) is 10.8 Å². The molecule has 1 N–H and O–H groups in total. The van der Waals surface area contributed by atoms with Gasteiger partial charge in [0.1, 0.15) is 0 Å². The normalized spacial score (nSPS) is 11.3. The highest BCUT2D eigenvalue weighted by Crippen LogP contribution is 2.06. The zero-order chi connectivity index (χ0) is 10.6. The van der Waals surface area contributed by atoms with Gasteiger partial charge in [0.2, 0.25) is 9.04 Å². The van der Waals surface area contributed by atoms with E-state index in [9.17, 15) is 4.80 Å². The van der Waals surface area contributed by atoms with Crippen LogP contribution in [0.2, 0.25) is 6.04 Å². The second-order valence-corrected chi connectivity index (χ2v) is 5.90. The van der Waals surface area contributed by atoms with E-state index in [0.29, 0.717) is 5.92 Å². The van der Waals surface area contributed by atoms with E-state index in [1.54, 1.807) is 0 Å². The molecule has 1 aromatic carbocycles. The second-order valence-electron chi connectivity index (χ2n) is 4.06. The molecule has 0 aliphatic heterocycles. The Morgan fingerprint density at radius 2 is 1.93 bits per heavy atom. The molecule has 77 valence electrons. The Balaban J connectivity index is 2.82. The van der Waals surface area contributed by atoms with Crippen molar-refractivity contribution in [1.82, 2.24) is 0 Å². The molecular formula is C12H19OSi. The van der Waals surface area contributed by atoms with Crippen LogP contribution in [0.3, 0.4) is 0 Å². The van der Waals surface area contributed by atoms with Gasteiger partial charge in [0.05, 0.1) is 0 Å². The first-order valence-electron chi connectivity index (χ1n) is 5.28. The smallest absolute Gasteiger partial charge is 0.243 e. The first kappa shape index (κ1) is 11.5. The van der Waals surface area contributed by atoms with Gasteiger partial charge in [-0.15, -0.1) is 0 Å². The van der Waals surface area contributed by atoms with Gasteiger partial charge >= 0.3 is 0 Å². The quantitative estimate of drug-likeness (QED) is 0.750. The van der Waals surface area contributed by atoms with Crippen LogP contribution in [0.15, 0.2) is 24.3 Å². The second kappa shape index (κ2) is 5.32. The molecule has 0 amide bonds. The summed E-state index contributed by atoms with van der Waals surface area (Å²) in [5, 5.41) is 1.20. The van der Waals surface area contributed by atoms with Crippen molar-refractivity contribution in [3.8, 4) is 0 Å². The Bertz CT molecular complexity index is 283. The largest absolute Gasteiger partial charge is 0.427 e. The maximum Gasteiger partial charge on any atom is 0.243 e. The van der Waals surface area contributed by atoms with Crippen molar-refractivity contribution in [3.63, 3.8) is 0 Å². The van der Waals surface area contributed by atoms with Gasteiger partial charge in [-0.05, 0) is 29.1 Å². The van der Waals surface area contributed by atoms with Crippen molar-refractivity contribution in [3.05, 3.63) is 29.8 Å². The van der Waals surface area contributed by atoms with Gasteiger partial charge in [-0.2, -0.15) is 0 Å². The van der Waals surface area contributed by atoms with E-state index in [4.69, 9.17) is 0 Å². The van der Waals surface area contributed by atoms with E-state index < -0.39 is 9.04 Å². The van der Waals surface area contributed by atoms with E-state index in [2.05, 4.69) is 32.9 Å². The molecule has 0 atom stereocenters. The Labute approximate surface area is 88.5 Å². The van der Waals surface area contributed by atoms with Gasteiger partial charge in [-0.25, -0.2) is 0 Å². The summed E-state index contributed by atoms with van der Waals surface area (Å²) >= 11 is 0. The fraction of sp³-hybridized carbons (Fsp3) is 0.500. The summed E-state index contributed by atoms with van der Waals surface area (Å²) in [7, 11) is -1.31. The van der Waals surface area contributed by atoms with E-state index in [0.717, 1.165) is 12.5 Å². The summed E-state index contributed by atoms with van der Waals surface area (Å²) in [6.07, 6.45) is 1.02. The minimum Gasteiger partial charge on any atom is -0.427 e. The van der Waals surface area contributed by atoms with E-state index in [1.807, 2.05) is 12.1 Å². The van der Waals surface area contributed by atoms with Crippen LogP contribution in [0.1, 0.15) is 26.3 Å². The van der Waals surface area contributed by atoms with Gasteiger partial charge < -0.3 is 4.80 Å². The topological polar surface area (TPSA) is 20.2 Å². The van der Waals surface area contributed by atoms with Crippen molar-refractivity contribution in [2.45, 2.75) is 33.2 Å². The molecule has 1 rings (SSSR count). The average Bonchev–Trinajstić information content (AvgIpc) is 2.16. The van der Waals surface area contributed by atoms with Gasteiger partial charge in [-0.3, -0.25) is 0 Å². The maximum absolute atomic E-state index is 10.1. The van der Waals surface area contributed by atoms with Crippen LogP contribution < -0.4 is 5.19 Å². The van der Waals surface area contributed by atoms with Crippen molar-refractivity contribution in [2.75, 3.05) is 0 Å². The van der Waals surface area contributed by atoms with Crippen LogP contribution in [-0.2, 0) is 6.42 Å². The fourth-order valence-corrected chi connectivity index (χ4v) is 3.52. The van der Waals surface area contributed by atoms with Crippen LogP contribution in [0.4, 0.5) is 0 Å². The monoisotopic (exact) mass is 207 g/mol. The summed E-state index contributed by atoms with van der Waals surface area (Å²) in [6.45, 7) is 6.47. The van der Waals surface area contributed by atoms with Crippen LogP contribution in [0, 0.1) is 5.92 Å². The lowest BCUT2D eigenvalue weighted by atomic mass is 10.2. The molecule has 1 radical (unpaired) electrons. The van der Waals surface area contributed by atoms with Gasteiger partial charge in [0.15, 0.2) is 0 Å². The van der Waals surface area contributed by atoms with Crippen LogP contribution in [0.25, 0.3) is 0 Å². The molecule has 0 unspecified atom stereocenters. The maximum atomic E-state index is 10.1. The molecule has 0 saturated carbocycles. The molecule has 14 heavy (non-hydrogen) atoms. The summed E-state index contributed by atoms with van der Waals surface area (Å²) in [5.74, 6) is 0.582. The SMILES string of the molecule is CCc1ccccc1[Si](O)CC(C)C. The lowest BCUT2D eigenvalue weighted by Crippen LogP contribution is -2.33. The van der Waals surface area contributed by atoms with Crippen molar-refractivity contribution in [1.29, 1.82) is 0 Å². The predicted octanol–water partition coefficient (Wildman–Crippen LogP) is 2.10. The van der Waals surface area contributed by atoms with Gasteiger partial charge in [0, 0.05) is 0 Å². The lowest BCUT2D eigenvalue weighted by Gasteiger charge is -2.13. The lowest BCUT2D eigenvalue weighted by molar-refractivity contribution is 0.561. The number of hydrogen-bond acceptors (Lipinski definition) is 1. The number of aryl methyl sites for hydroxylation is 1. The molecule has 0 aromatic heterocycles. The van der Waals surface area contributed by atoms with Crippen LogP contribution in [0.5, 0.6) is 0 Å². The standard InChI is InChI=1S/C12H19OSi/c1-4-11-7-5-6-8-12(11)14(13)9-10(2)3/h5-8,10,13H,4,9H2,1-3H3. The highest BCUT2D eigenvalue weighted by molar-refractivity contribution is 6.66. The summed E-state index contributed by atoms with van der Waals surface area (Å²) in [6, 6.07) is 9.22. The minimum absolute atomic E-state index is 0.582.